The van der Waals surface area contributed by atoms with Crippen molar-refractivity contribution < 1.29 is 9.53 Å². The van der Waals surface area contributed by atoms with Crippen molar-refractivity contribution in [1.82, 2.24) is 19.7 Å². The summed E-state index contributed by atoms with van der Waals surface area (Å²) >= 11 is 0. The molecule has 0 bridgehead atoms. The van der Waals surface area contributed by atoms with Gasteiger partial charge in [-0.25, -0.2) is 9.67 Å². The normalized spacial score (nSPS) is 15.9. The molecule has 1 amide bonds. The molecule has 1 atom stereocenters. The van der Waals surface area contributed by atoms with Crippen LogP contribution in [0.4, 0.5) is 0 Å². The zero-order valence-electron chi connectivity index (χ0n) is 13.3. The Morgan fingerprint density at radius 1 is 1.30 bits per heavy atom. The minimum Gasteiger partial charge on any atom is -0.497 e. The van der Waals surface area contributed by atoms with Gasteiger partial charge in [-0.2, -0.15) is 5.10 Å². The fourth-order valence-electron chi connectivity index (χ4n) is 2.73. The number of nitrogens with zero attached hydrogens (tertiary/aromatic N) is 4. The van der Waals surface area contributed by atoms with Gasteiger partial charge >= 0.3 is 0 Å². The summed E-state index contributed by atoms with van der Waals surface area (Å²) in [7, 11) is 1.66. The summed E-state index contributed by atoms with van der Waals surface area (Å²) in [5.41, 5.74) is 2.45. The van der Waals surface area contributed by atoms with Crippen molar-refractivity contribution in [1.29, 1.82) is 0 Å². The molecule has 6 nitrogen and oxygen atoms in total. The quantitative estimate of drug-likeness (QED) is 0.868. The average Bonchev–Trinajstić information content (AvgIpc) is 3.15. The molecule has 2 heterocycles. The Bertz CT molecular complexity index is 692. The predicted molar refractivity (Wildman–Crippen MR) is 86.9 cm³/mol. The lowest BCUT2D eigenvalue weighted by Gasteiger charge is -2.29. The third-order valence-electron chi connectivity index (χ3n) is 4.17. The van der Waals surface area contributed by atoms with Gasteiger partial charge in [0, 0.05) is 13.1 Å². The molecule has 0 unspecified atom stereocenters. The van der Waals surface area contributed by atoms with Crippen LogP contribution in [0.2, 0.25) is 0 Å². The highest BCUT2D eigenvalue weighted by atomic mass is 16.5. The van der Waals surface area contributed by atoms with Crippen molar-refractivity contribution in [2.45, 2.75) is 19.4 Å². The molecule has 120 valence electrons. The van der Waals surface area contributed by atoms with Crippen LogP contribution in [0.1, 0.15) is 24.9 Å². The summed E-state index contributed by atoms with van der Waals surface area (Å²) in [5, 5.41) is 4.04. The van der Waals surface area contributed by atoms with E-state index < -0.39 is 0 Å². The molecule has 1 aliphatic heterocycles. The van der Waals surface area contributed by atoms with Crippen LogP contribution < -0.4 is 4.74 Å². The minimum absolute atomic E-state index is 0.0699. The van der Waals surface area contributed by atoms with Crippen molar-refractivity contribution >= 4 is 11.5 Å². The van der Waals surface area contributed by atoms with Crippen LogP contribution in [0.15, 0.2) is 43.0 Å². The van der Waals surface area contributed by atoms with E-state index in [1.54, 1.807) is 18.1 Å². The molecule has 3 rings (SSSR count). The molecule has 1 aliphatic rings. The number of benzene rings is 1. The smallest absolute Gasteiger partial charge is 0.247 e. The third-order valence-corrected chi connectivity index (χ3v) is 4.17. The third kappa shape index (κ3) is 3.26. The van der Waals surface area contributed by atoms with Gasteiger partial charge in [0.05, 0.1) is 7.11 Å². The topological polar surface area (TPSA) is 60.2 Å². The maximum absolute atomic E-state index is 12.5. The van der Waals surface area contributed by atoms with E-state index in [1.807, 2.05) is 24.0 Å². The molecule has 6 heteroatoms. The van der Waals surface area contributed by atoms with Gasteiger partial charge < -0.3 is 9.64 Å². The van der Waals surface area contributed by atoms with Crippen molar-refractivity contribution in [3.63, 3.8) is 0 Å². The Balaban J connectivity index is 1.66. The highest BCUT2D eigenvalue weighted by Gasteiger charge is 2.24. The largest absolute Gasteiger partial charge is 0.497 e. The lowest BCUT2D eigenvalue weighted by molar-refractivity contribution is -0.134. The maximum atomic E-state index is 12.5. The number of ether oxygens (including phenoxy) is 1. The van der Waals surface area contributed by atoms with E-state index >= 15 is 0 Å². The molecule has 0 aliphatic carbocycles. The SMILES string of the molecule is COc1ccc(C2=CCN(C(=O)[C@@H](C)n3cncn3)CC2)cc1. The van der Waals surface area contributed by atoms with E-state index in [1.165, 1.54) is 17.5 Å². The molecule has 1 aromatic heterocycles. The van der Waals surface area contributed by atoms with Crippen LogP contribution in [0.5, 0.6) is 5.75 Å². The van der Waals surface area contributed by atoms with Gasteiger partial charge in [0.15, 0.2) is 0 Å². The molecule has 0 saturated carbocycles. The summed E-state index contributed by atoms with van der Waals surface area (Å²) in [6.45, 7) is 3.19. The van der Waals surface area contributed by atoms with Gasteiger partial charge in [0.1, 0.15) is 24.4 Å². The van der Waals surface area contributed by atoms with E-state index in [0.29, 0.717) is 6.54 Å². The van der Waals surface area contributed by atoms with Gasteiger partial charge in [-0.3, -0.25) is 4.79 Å². The maximum Gasteiger partial charge on any atom is 0.247 e. The average molecular weight is 312 g/mol. The molecule has 1 aromatic carbocycles. The fraction of sp³-hybridized carbons (Fsp3) is 0.353. The van der Waals surface area contributed by atoms with Crippen molar-refractivity contribution in [2.24, 2.45) is 0 Å². The van der Waals surface area contributed by atoms with Crippen molar-refractivity contribution in [2.75, 3.05) is 20.2 Å². The van der Waals surface area contributed by atoms with Gasteiger partial charge in [-0.1, -0.05) is 18.2 Å². The summed E-state index contributed by atoms with van der Waals surface area (Å²) in [4.78, 5) is 18.3. The molecule has 0 saturated heterocycles. The molecule has 0 spiro atoms. The van der Waals surface area contributed by atoms with E-state index in [2.05, 4.69) is 28.3 Å². The first-order valence-corrected chi connectivity index (χ1v) is 7.65. The Morgan fingerprint density at radius 3 is 2.65 bits per heavy atom. The van der Waals surface area contributed by atoms with Crippen LogP contribution in [-0.4, -0.2) is 45.8 Å². The monoisotopic (exact) mass is 312 g/mol. The number of hydrogen-bond acceptors (Lipinski definition) is 4. The van der Waals surface area contributed by atoms with Crippen molar-refractivity contribution in [3.05, 3.63) is 48.6 Å². The van der Waals surface area contributed by atoms with Gasteiger partial charge in [-0.15, -0.1) is 0 Å². The first-order chi connectivity index (χ1) is 11.2. The first-order valence-electron chi connectivity index (χ1n) is 7.65. The second-order valence-corrected chi connectivity index (χ2v) is 5.54. The number of aromatic nitrogens is 3. The van der Waals surface area contributed by atoms with Gasteiger partial charge in [0.2, 0.25) is 5.91 Å². The summed E-state index contributed by atoms with van der Waals surface area (Å²) < 4.78 is 6.77. The molecular formula is C17H20N4O2. The standard InChI is InChI=1S/C17H20N4O2/c1-13(21-12-18-11-19-21)17(22)20-9-7-15(8-10-20)14-3-5-16(23-2)6-4-14/h3-7,11-13H,8-10H2,1-2H3/t13-/m1/s1. The second-order valence-electron chi connectivity index (χ2n) is 5.54. The number of hydrogen-bond donors (Lipinski definition) is 0. The van der Waals surface area contributed by atoms with Gasteiger partial charge in [0.25, 0.3) is 0 Å². The van der Waals surface area contributed by atoms with Crippen LogP contribution in [0.25, 0.3) is 5.57 Å². The number of amides is 1. The summed E-state index contributed by atoms with van der Waals surface area (Å²) in [6, 6.07) is 7.70. The zero-order chi connectivity index (χ0) is 16.2. The molecule has 0 N–H and O–H groups in total. The Hall–Kier alpha value is -2.63. The molecule has 23 heavy (non-hydrogen) atoms. The van der Waals surface area contributed by atoms with E-state index in [4.69, 9.17) is 4.74 Å². The summed E-state index contributed by atoms with van der Waals surface area (Å²) in [6.07, 6.45) is 5.99. The fourth-order valence-corrected chi connectivity index (χ4v) is 2.73. The molecule has 2 aromatic rings. The van der Waals surface area contributed by atoms with Crippen LogP contribution in [0.3, 0.4) is 0 Å². The van der Waals surface area contributed by atoms with Crippen LogP contribution in [0, 0.1) is 0 Å². The van der Waals surface area contributed by atoms with Crippen LogP contribution in [-0.2, 0) is 4.79 Å². The molecule has 0 fully saturated rings. The second kappa shape index (κ2) is 6.64. The summed E-state index contributed by atoms with van der Waals surface area (Å²) in [5.74, 6) is 0.921. The van der Waals surface area contributed by atoms with E-state index in [-0.39, 0.29) is 11.9 Å². The number of carbonyl (C=O) groups excluding carboxylic acids is 1. The minimum atomic E-state index is -0.326. The Labute approximate surface area is 135 Å². The Morgan fingerprint density at radius 2 is 2.09 bits per heavy atom. The number of rotatable bonds is 4. The molecule has 0 radical (unpaired) electrons. The zero-order valence-corrected chi connectivity index (χ0v) is 13.3. The predicted octanol–water partition coefficient (Wildman–Crippen LogP) is 2.16. The van der Waals surface area contributed by atoms with E-state index in [0.717, 1.165) is 18.7 Å². The highest BCUT2D eigenvalue weighted by Crippen LogP contribution is 2.25. The van der Waals surface area contributed by atoms with Crippen LogP contribution >= 0.6 is 0 Å². The van der Waals surface area contributed by atoms with Crippen molar-refractivity contribution in [3.8, 4) is 5.75 Å². The van der Waals surface area contributed by atoms with Gasteiger partial charge in [-0.05, 0) is 36.6 Å². The number of carbonyl (C=O) groups is 1. The van der Waals surface area contributed by atoms with E-state index in [9.17, 15) is 4.79 Å². The number of methoxy groups -OCH3 is 1. The molecular weight excluding hydrogens is 292 g/mol. The highest BCUT2D eigenvalue weighted by molar-refractivity contribution is 5.81. The Kier molecular flexibility index (Phi) is 4.41. The first kappa shape index (κ1) is 15.3. The lowest BCUT2D eigenvalue weighted by Crippen LogP contribution is -2.39. The lowest BCUT2D eigenvalue weighted by atomic mass is 9.99.